The van der Waals surface area contributed by atoms with Gasteiger partial charge in [0, 0.05) is 11.1 Å². The van der Waals surface area contributed by atoms with E-state index in [-0.39, 0.29) is 17.2 Å². The first-order valence-electron chi connectivity index (χ1n) is 12.3. The van der Waals surface area contributed by atoms with Crippen molar-refractivity contribution in [1.29, 1.82) is 0 Å². The molecule has 2 amide bonds. The van der Waals surface area contributed by atoms with Crippen molar-refractivity contribution in [3.63, 3.8) is 0 Å². The molecule has 0 heterocycles. The van der Waals surface area contributed by atoms with E-state index in [9.17, 15) is 9.59 Å². The number of carbonyl (C=O) groups excluding carboxylic acids is 2. The molecule has 188 valence electrons. The standard InChI is InChI=1S/C32H32N2O3/c1-32(2,3)29-19-17-28(18-20-29)31(36)34-33-30(35)27-15-13-26(14-16-27)25-11-9-24(10-12-25)22-37-21-23-7-5-4-6-8-23/h4-20H,21-22H2,1-3H3,(H,33,35)(H,34,36). The minimum atomic E-state index is -0.378. The van der Waals surface area contributed by atoms with E-state index in [1.165, 1.54) is 0 Å². The number of carbonyl (C=O) groups is 2. The second-order valence-electron chi connectivity index (χ2n) is 9.99. The summed E-state index contributed by atoms with van der Waals surface area (Å²) in [6.07, 6.45) is 0. The lowest BCUT2D eigenvalue weighted by Crippen LogP contribution is -2.41. The molecule has 37 heavy (non-hydrogen) atoms. The normalized spacial score (nSPS) is 11.1. The maximum absolute atomic E-state index is 12.5. The zero-order valence-corrected chi connectivity index (χ0v) is 21.5. The van der Waals surface area contributed by atoms with E-state index in [2.05, 4.69) is 31.6 Å². The van der Waals surface area contributed by atoms with E-state index in [1.54, 1.807) is 24.3 Å². The number of nitrogens with one attached hydrogen (secondary N) is 2. The van der Waals surface area contributed by atoms with Crippen molar-refractivity contribution in [3.05, 3.63) is 131 Å². The summed E-state index contributed by atoms with van der Waals surface area (Å²) in [6, 6.07) is 32.9. The van der Waals surface area contributed by atoms with Gasteiger partial charge in [0.1, 0.15) is 0 Å². The molecule has 2 N–H and O–H groups in total. The molecule has 0 aliphatic rings. The molecule has 5 heteroatoms. The largest absolute Gasteiger partial charge is 0.372 e. The van der Waals surface area contributed by atoms with Crippen LogP contribution in [0.2, 0.25) is 0 Å². The van der Waals surface area contributed by atoms with Gasteiger partial charge in [-0.25, -0.2) is 0 Å². The van der Waals surface area contributed by atoms with Crippen molar-refractivity contribution in [3.8, 4) is 11.1 Å². The molecule has 0 aliphatic carbocycles. The number of hydrogen-bond acceptors (Lipinski definition) is 3. The summed E-state index contributed by atoms with van der Waals surface area (Å²) in [7, 11) is 0. The van der Waals surface area contributed by atoms with Gasteiger partial charge >= 0.3 is 0 Å². The summed E-state index contributed by atoms with van der Waals surface area (Å²) in [5.74, 6) is -0.740. The molecule has 0 spiro atoms. The Morgan fingerprint density at radius 2 is 1.03 bits per heavy atom. The van der Waals surface area contributed by atoms with Crippen LogP contribution >= 0.6 is 0 Å². The molecule has 0 saturated heterocycles. The number of amides is 2. The van der Waals surface area contributed by atoms with Gasteiger partial charge in [-0.2, -0.15) is 0 Å². The number of hydrogen-bond donors (Lipinski definition) is 2. The lowest BCUT2D eigenvalue weighted by atomic mass is 9.87. The first-order chi connectivity index (χ1) is 17.8. The zero-order chi connectivity index (χ0) is 26.3. The highest BCUT2D eigenvalue weighted by Gasteiger charge is 2.15. The minimum absolute atomic E-state index is 0.00829. The fraction of sp³-hybridized carbons (Fsp3) is 0.188. The van der Waals surface area contributed by atoms with Gasteiger partial charge in [-0.1, -0.05) is 99.6 Å². The first-order valence-corrected chi connectivity index (χ1v) is 12.3. The molecule has 0 saturated carbocycles. The molecule has 5 nitrogen and oxygen atoms in total. The van der Waals surface area contributed by atoms with Crippen LogP contribution in [-0.2, 0) is 23.4 Å². The van der Waals surface area contributed by atoms with Gasteiger partial charge in [0.15, 0.2) is 0 Å². The molecule has 0 aromatic heterocycles. The van der Waals surface area contributed by atoms with Crippen LogP contribution in [0.3, 0.4) is 0 Å². The zero-order valence-electron chi connectivity index (χ0n) is 21.5. The molecule has 4 aromatic carbocycles. The quantitative estimate of drug-likeness (QED) is 0.292. The maximum Gasteiger partial charge on any atom is 0.269 e. The molecule has 0 fully saturated rings. The summed E-state index contributed by atoms with van der Waals surface area (Å²) >= 11 is 0. The van der Waals surface area contributed by atoms with Crippen LogP contribution in [0.15, 0.2) is 103 Å². The predicted molar refractivity (Wildman–Crippen MR) is 147 cm³/mol. The average Bonchev–Trinajstić information content (AvgIpc) is 2.92. The number of benzene rings is 4. The van der Waals surface area contributed by atoms with Crippen LogP contribution in [0.5, 0.6) is 0 Å². The monoisotopic (exact) mass is 492 g/mol. The molecule has 4 aromatic rings. The minimum Gasteiger partial charge on any atom is -0.372 e. The van der Waals surface area contributed by atoms with Crippen molar-refractivity contribution in [2.75, 3.05) is 0 Å². The summed E-state index contributed by atoms with van der Waals surface area (Å²) in [5.41, 5.74) is 11.4. The summed E-state index contributed by atoms with van der Waals surface area (Å²) in [6.45, 7) is 7.47. The SMILES string of the molecule is CC(C)(C)c1ccc(C(=O)NNC(=O)c2ccc(-c3ccc(COCc4ccccc4)cc3)cc2)cc1. The molecule has 0 aliphatic heterocycles. The third-order valence-corrected chi connectivity index (χ3v) is 6.12. The molecular weight excluding hydrogens is 460 g/mol. The lowest BCUT2D eigenvalue weighted by Gasteiger charge is -2.19. The predicted octanol–water partition coefficient (Wildman–Crippen LogP) is 6.44. The van der Waals surface area contributed by atoms with Gasteiger partial charge < -0.3 is 4.74 Å². The highest BCUT2D eigenvalue weighted by molar-refractivity contribution is 5.99. The van der Waals surface area contributed by atoms with E-state index >= 15 is 0 Å². The highest BCUT2D eigenvalue weighted by atomic mass is 16.5. The van der Waals surface area contributed by atoms with E-state index in [0.717, 1.165) is 27.8 Å². The van der Waals surface area contributed by atoms with Gasteiger partial charge in [0.05, 0.1) is 13.2 Å². The van der Waals surface area contributed by atoms with Crippen LogP contribution in [0.25, 0.3) is 11.1 Å². The summed E-state index contributed by atoms with van der Waals surface area (Å²) in [4.78, 5) is 24.9. The third kappa shape index (κ3) is 7.15. The Kier molecular flexibility index (Phi) is 8.16. The number of ether oxygens (including phenoxy) is 1. The molecule has 0 radical (unpaired) electrons. The van der Waals surface area contributed by atoms with Crippen LogP contribution in [0, 0.1) is 0 Å². The Labute approximate surface area is 218 Å². The molecule has 4 rings (SSSR count). The van der Waals surface area contributed by atoms with Crippen LogP contribution in [0.1, 0.15) is 58.2 Å². The van der Waals surface area contributed by atoms with Gasteiger partial charge in [-0.3, -0.25) is 20.4 Å². The lowest BCUT2D eigenvalue weighted by molar-refractivity contribution is 0.0846. The first kappa shape index (κ1) is 25.9. The van der Waals surface area contributed by atoms with E-state index in [1.807, 2.05) is 78.9 Å². The van der Waals surface area contributed by atoms with Crippen molar-refractivity contribution < 1.29 is 14.3 Å². The van der Waals surface area contributed by atoms with Gasteiger partial charge in [-0.15, -0.1) is 0 Å². The Morgan fingerprint density at radius 3 is 1.51 bits per heavy atom. The van der Waals surface area contributed by atoms with Gasteiger partial charge in [0.2, 0.25) is 0 Å². The maximum atomic E-state index is 12.5. The van der Waals surface area contributed by atoms with Crippen molar-refractivity contribution >= 4 is 11.8 Å². The van der Waals surface area contributed by atoms with Crippen molar-refractivity contribution in [2.24, 2.45) is 0 Å². The van der Waals surface area contributed by atoms with Gasteiger partial charge in [-0.05, 0) is 57.5 Å². The van der Waals surface area contributed by atoms with Crippen LogP contribution in [0.4, 0.5) is 0 Å². The molecular formula is C32H32N2O3. The molecule has 0 atom stereocenters. The van der Waals surface area contributed by atoms with E-state index in [4.69, 9.17) is 4.74 Å². The third-order valence-electron chi connectivity index (χ3n) is 6.12. The van der Waals surface area contributed by atoms with Gasteiger partial charge in [0.25, 0.3) is 11.8 Å². The fourth-order valence-electron chi connectivity index (χ4n) is 3.85. The fourth-order valence-corrected chi connectivity index (χ4v) is 3.85. The Balaban J connectivity index is 1.28. The number of rotatable bonds is 7. The highest BCUT2D eigenvalue weighted by Crippen LogP contribution is 2.23. The van der Waals surface area contributed by atoms with Crippen LogP contribution in [-0.4, -0.2) is 11.8 Å². The molecule has 0 unspecified atom stereocenters. The average molecular weight is 493 g/mol. The summed E-state index contributed by atoms with van der Waals surface area (Å²) in [5, 5.41) is 0. The van der Waals surface area contributed by atoms with Crippen molar-refractivity contribution in [2.45, 2.75) is 39.4 Å². The summed E-state index contributed by atoms with van der Waals surface area (Å²) < 4.78 is 5.81. The second-order valence-corrected chi connectivity index (χ2v) is 9.99. The smallest absolute Gasteiger partial charge is 0.269 e. The Bertz CT molecular complexity index is 1320. The van der Waals surface area contributed by atoms with Crippen molar-refractivity contribution in [1.82, 2.24) is 10.9 Å². The van der Waals surface area contributed by atoms with E-state index < -0.39 is 0 Å². The Hall–Kier alpha value is -4.22. The topological polar surface area (TPSA) is 67.4 Å². The second kappa shape index (κ2) is 11.7. The van der Waals surface area contributed by atoms with Crippen LogP contribution < -0.4 is 10.9 Å². The number of hydrazine groups is 1. The molecule has 0 bridgehead atoms. The van der Waals surface area contributed by atoms with E-state index in [0.29, 0.717) is 24.3 Å². The Morgan fingerprint density at radius 1 is 0.595 bits per heavy atom.